The molecule has 0 bridgehead atoms. The molecule has 0 spiro atoms. The summed E-state index contributed by atoms with van der Waals surface area (Å²) in [6.45, 7) is 2.95. The SMILES string of the molecule is CC(C)(CO)Nc1cc(C(F)(F)F)nc(Cl)n1. The van der Waals surface area contributed by atoms with Crippen molar-refractivity contribution in [1.82, 2.24) is 9.97 Å². The van der Waals surface area contributed by atoms with Crippen LogP contribution in [0.1, 0.15) is 19.5 Å². The quantitative estimate of drug-likeness (QED) is 0.827. The van der Waals surface area contributed by atoms with Crippen LogP contribution >= 0.6 is 11.6 Å². The molecule has 0 aromatic carbocycles. The van der Waals surface area contributed by atoms with Crippen LogP contribution in [0.4, 0.5) is 19.0 Å². The number of anilines is 1. The fourth-order valence-electron chi connectivity index (χ4n) is 1.01. The van der Waals surface area contributed by atoms with Gasteiger partial charge in [-0.3, -0.25) is 0 Å². The van der Waals surface area contributed by atoms with E-state index in [1.807, 2.05) is 0 Å². The highest BCUT2D eigenvalue weighted by Gasteiger charge is 2.34. The maximum absolute atomic E-state index is 12.4. The molecule has 1 aromatic rings. The standard InChI is InChI=1S/C9H11ClF3N3O/c1-8(2,4-17)16-6-3-5(9(11,12)13)14-7(10)15-6/h3,17H,4H2,1-2H3,(H,14,15,16). The van der Waals surface area contributed by atoms with E-state index in [1.165, 1.54) is 0 Å². The van der Waals surface area contributed by atoms with Crippen LogP contribution in [0.2, 0.25) is 5.28 Å². The smallest absolute Gasteiger partial charge is 0.394 e. The monoisotopic (exact) mass is 269 g/mol. The third-order valence-corrected chi connectivity index (χ3v) is 2.02. The Morgan fingerprint density at radius 2 is 1.94 bits per heavy atom. The number of hydrogen-bond donors (Lipinski definition) is 2. The molecule has 1 aromatic heterocycles. The highest BCUT2D eigenvalue weighted by molar-refractivity contribution is 6.28. The van der Waals surface area contributed by atoms with Crippen LogP contribution in [0.3, 0.4) is 0 Å². The normalized spacial score (nSPS) is 12.6. The molecular weight excluding hydrogens is 259 g/mol. The minimum Gasteiger partial charge on any atom is -0.394 e. The molecule has 0 atom stereocenters. The van der Waals surface area contributed by atoms with Crippen LogP contribution in [-0.2, 0) is 6.18 Å². The lowest BCUT2D eigenvalue weighted by Crippen LogP contribution is -2.35. The second-order valence-corrected chi connectivity index (χ2v) is 4.41. The second-order valence-electron chi connectivity index (χ2n) is 4.07. The van der Waals surface area contributed by atoms with Crippen molar-refractivity contribution in [3.05, 3.63) is 17.0 Å². The Bertz CT molecular complexity index is 409. The predicted molar refractivity (Wildman–Crippen MR) is 56.8 cm³/mol. The highest BCUT2D eigenvalue weighted by Crippen LogP contribution is 2.30. The van der Waals surface area contributed by atoms with Crippen LogP contribution in [0.15, 0.2) is 6.07 Å². The Balaban J connectivity index is 3.06. The first-order chi connectivity index (χ1) is 7.64. The van der Waals surface area contributed by atoms with Crippen molar-refractivity contribution in [3.8, 4) is 0 Å². The van der Waals surface area contributed by atoms with E-state index in [0.717, 1.165) is 6.07 Å². The maximum atomic E-state index is 12.4. The summed E-state index contributed by atoms with van der Waals surface area (Å²) in [7, 11) is 0. The molecule has 4 nitrogen and oxygen atoms in total. The summed E-state index contributed by atoms with van der Waals surface area (Å²) < 4.78 is 37.3. The van der Waals surface area contributed by atoms with Crippen LogP contribution in [0, 0.1) is 0 Å². The van der Waals surface area contributed by atoms with Gasteiger partial charge in [0.15, 0.2) is 5.69 Å². The largest absolute Gasteiger partial charge is 0.433 e. The van der Waals surface area contributed by atoms with Crippen LogP contribution in [0.5, 0.6) is 0 Å². The van der Waals surface area contributed by atoms with E-state index in [-0.39, 0.29) is 12.4 Å². The van der Waals surface area contributed by atoms with Crippen molar-refractivity contribution in [2.45, 2.75) is 25.6 Å². The van der Waals surface area contributed by atoms with E-state index in [0.29, 0.717) is 0 Å². The van der Waals surface area contributed by atoms with Gasteiger partial charge in [0, 0.05) is 6.07 Å². The van der Waals surface area contributed by atoms with Gasteiger partial charge in [0.2, 0.25) is 5.28 Å². The predicted octanol–water partition coefficient (Wildman–Crippen LogP) is 2.33. The van der Waals surface area contributed by atoms with Gasteiger partial charge in [-0.05, 0) is 25.4 Å². The molecule has 0 saturated heterocycles. The minimum absolute atomic E-state index is 0.0867. The summed E-state index contributed by atoms with van der Waals surface area (Å²) in [6.07, 6.45) is -4.59. The molecule has 0 aliphatic carbocycles. The summed E-state index contributed by atoms with van der Waals surface area (Å²) in [5, 5.41) is 11.1. The Morgan fingerprint density at radius 1 is 1.35 bits per heavy atom. The lowest BCUT2D eigenvalue weighted by molar-refractivity contribution is -0.141. The van der Waals surface area contributed by atoms with Gasteiger partial charge in [-0.1, -0.05) is 0 Å². The van der Waals surface area contributed by atoms with E-state index in [1.54, 1.807) is 13.8 Å². The topological polar surface area (TPSA) is 58.0 Å². The summed E-state index contributed by atoms with van der Waals surface area (Å²) in [5.41, 5.74) is -1.94. The number of aliphatic hydroxyl groups excluding tert-OH is 1. The molecule has 2 N–H and O–H groups in total. The van der Waals surface area contributed by atoms with Crippen LogP contribution in [-0.4, -0.2) is 27.2 Å². The molecule has 0 fully saturated rings. The average molecular weight is 270 g/mol. The molecular formula is C9H11ClF3N3O. The first kappa shape index (κ1) is 14.0. The van der Waals surface area contributed by atoms with E-state index < -0.39 is 22.7 Å². The summed E-state index contributed by atoms with van der Waals surface area (Å²) in [5.74, 6) is -0.0867. The number of nitrogens with one attached hydrogen (secondary N) is 1. The number of hydrogen-bond acceptors (Lipinski definition) is 4. The zero-order chi connectivity index (χ0) is 13.3. The molecule has 17 heavy (non-hydrogen) atoms. The van der Waals surface area contributed by atoms with Crippen molar-refractivity contribution in [3.63, 3.8) is 0 Å². The summed E-state index contributed by atoms with van der Waals surface area (Å²) in [6, 6.07) is 0.739. The van der Waals surface area contributed by atoms with Gasteiger partial charge >= 0.3 is 6.18 Å². The van der Waals surface area contributed by atoms with Gasteiger partial charge < -0.3 is 10.4 Å². The summed E-state index contributed by atoms with van der Waals surface area (Å²) in [4.78, 5) is 6.70. The number of aliphatic hydroxyl groups is 1. The lowest BCUT2D eigenvalue weighted by Gasteiger charge is -2.24. The number of aromatic nitrogens is 2. The Labute approximate surface area is 101 Å². The van der Waals surface area contributed by atoms with Crippen LogP contribution < -0.4 is 5.32 Å². The van der Waals surface area contributed by atoms with Gasteiger partial charge in [-0.2, -0.15) is 13.2 Å². The molecule has 8 heteroatoms. The lowest BCUT2D eigenvalue weighted by atomic mass is 10.1. The van der Waals surface area contributed by atoms with Crippen molar-refractivity contribution >= 4 is 17.4 Å². The molecule has 0 amide bonds. The van der Waals surface area contributed by atoms with E-state index in [4.69, 9.17) is 16.7 Å². The molecule has 0 saturated carbocycles. The molecule has 1 rings (SSSR count). The second kappa shape index (κ2) is 4.66. The highest BCUT2D eigenvalue weighted by atomic mass is 35.5. The van der Waals surface area contributed by atoms with E-state index in [9.17, 15) is 13.2 Å². The van der Waals surface area contributed by atoms with Gasteiger partial charge in [0.05, 0.1) is 12.1 Å². The zero-order valence-electron chi connectivity index (χ0n) is 9.14. The van der Waals surface area contributed by atoms with Crippen molar-refractivity contribution in [1.29, 1.82) is 0 Å². The number of halogens is 4. The van der Waals surface area contributed by atoms with Gasteiger partial charge in [0.25, 0.3) is 0 Å². The first-order valence-corrected chi connectivity index (χ1v) is 5.03. The minimum atomic E-state index is -4.59. The maximum Gasteiger partial charge on any atom is 0.433 e. The fourth-order valence-corrected chi connectivity index (χ4v) is 1.20. The third-order valence-electron chi connectivity index (χ3n) is 1.85. The number of nitrogens with zero attached hydrogens (tertiary/aromatic N) is 2. The Morgan fingerprint density at radius 3 is 2.41 bits per heavy atom. The van der Waals surface area contributed by atoms with E-state index in [2.05, 4.69) is 15.3 Å². The Kier molecular flexibility index (Phi) is 3.83. The molecule has 1 heterocycles. The average Bonchev–Trinajstić information content (AvgIpc) is 2.14. The summed E-state index contributed by atoms with van der Waals surface area (Å²) >= 11 is 5.40. The van der Waals surface area contributed by atoms with Gasteiger partial charge in [-0.15, -0.1) is 0 Å². The van der Waals surface area contributed by atoms with Gasteiger partial charge in [0.1, 0.15) is 5.82 Å². The van der Waals surface area contributed by atoms with Crippen molar-refractivity contribution in [2.24, 2.45) is 0 Å². The first-order valence-electron chi connectivity index (χ1n) is 4.65. The molecule has 96 valence electrons. The zero-order valence-corrected chi connectivity index (χ0v) is 9.89. The molecule has 0 radical (unpaired) electrons. The van der Waals surface area contributed by atoms with Crippen molar-refractivity contribution in [2.75, 3.05) is 11.9 Å². The van der Waals surface area contributed by atoms with Crippen LogP contribution in [0.25, 0.3) is 0 Å². The third kappa shape index (κ3) is 4.01. The van der Waals surface area contributed by atoms with Gasteiger partial charge in [-0.25, -0.2) is 9.97 Å². The molecule has 0 aliphatic rings. The Hall–Kier alpha value is -1.08. The molecule has 0 aliphatic heterocycles. The number of rotatable bonds is 3. The van der Waals surface area contributed by atoms with E-state index >= 15 is 0 Å². The number of alkyl halides is 3. The fraction of sp³-hybridized carbons (Fsp3) is 0.556. The molecule has 0 unspecified atom stereocenters. The van der Waals surface area contributed by atoms with Crippen molar-refractivity contribution < 1.29 is 18.3 Å².